The number of nitrogens with zero attached hydrogens (tertiary/aromatic N) is 4. The number of nitrogens with one attached hydrogen (secondary N) is 1. The van der Waals surface area contributed by atoms with Crippen molar-refractivity contribution in [3.05, 3.63) is 59.4 Å². The molecule has 0 bridgehead atoms. The Hall–Kier alpha value is -3.97. The van der Waals surface area contributed by atoms with Crippen molar-refractivity contribution in [3.63, 3.8) is 0 Å². The molecule has 0 fully saturated rings. The zero-order chi connectivity index (χ0) is 23.1. The van der Waals surface area contributed by atoms with Gasteiger partial charge in [0.15, 0.2) is 5.16 Å². The summed E-state index contributed by atoms with van der Waals surface area (Å²) in [4.78, 5) is 35.2. The minimum atomic E-state index is -0.870. The number of aromatic nitrogens is 3. The molecule has 2 aromatic heterocycles. The Balaban J connectivity index is 1.81. The summed E-state index contributed by atoms with van der Waals surface area (Å²) in [7, 11) is 0. The number of carbonyl (C=O) groups is 2. The van der Waals surface area contributed by atoms with Crippen molar-refractivity contribution in [1.82, 2.24) is 15.0 Å². The van der Waals surface area contributed by atoms with Gasteiger partial charge in [0.1, 0.15) is 17.5 Å². The minimum absolute atomic E-state index is 0.0168. The highest BCUT2D eigenvalue weighted by Gasteiger charge is 2.15. The fourth-order valence-electron chi connectivity index (χ4n) is 2.88. The number of benzene rings is 1. The van der Waals surface area contributed by atoms with Crippen LogP contribution in [0.25, 0.3) is 11.3 Å². The second-order valence-electron chi connectivity index (χ2n) is 6.79. The van der Waals surface area contributed by atoms with Crippen LogP contribution in [0.5, 0.6) is 0 Å². The fraction of sp³-hybridized carbons (Fsp3) is 0.182. The van der Waals surface area contributed by atoms with Gasteiger partial charge in [-0.3, -0.25) is 14.6 Å². The predicted octanol–water partition coefficient (Wildman–Crippen LogP) is 3.26. The third-order valence-electron chi connectivity index (χ3n) is 4.32. The van der Waals surface area contributed by atoms with Crippen molar-refractivity contribution in [3.8, 4) is 17.3 Å². The van der Waals surface area contributed by atoms with Gasteiger partial charge in [-0.05, 0) is 24.3 Å². The molecule has 0 saturated heterocycles. The summed E-state index contributed by atoms with van der Waals surface area (Å²) in [6, 6.07) is 14.4. The summed E-state index contributed by atoms with van der Waals surface area (Å²) in [5, 5.41) is 21.4. The molecule has 4 N–H and O–H groups in total. The van der Waals surface area contributed by atoms with Crippen LogP contribution in [0.3, 0.4) is 0 Å². The van der Waals surface area contributed by atoms with E-state index in [1.165, 1.54) is 18.7 Å². The van der Waals surface area contributed by atoms with Crippen LogP contribution in [-0.4, -0.2) is 31.9 Å². The van der Waals surface area contributed by atoms with Crippen molar-refractivity contribution in [2.45, 2.75) is 30.7 Å². The second kappa shape index (κ2) is 10.4. The number of anilines is 2. The van der Waals surface area contributed by atoms with Crippen molar-refractivity contribution in [1.29, 1.82) is 5.26 Å². The molecule has 0 atom stereocenters. The molecule has 9 nitrogen and oxygen atoms in total. The van der Waals surface area contributed by atoms with E-state index < -0.39 is 5.97 Å². The number of carboxylic acids is 1. The number of hydrogen-bond donors (Lipinski definition) is 3. The largest absolute Gasteiger partial charge is 0.481 e. The first kappa shape index (κ1) is 22.7. The van der Waals surface area contributed by atoms with Crippen LogP contribution < -0.4 is 11.1 Å². The van der Waals surface area contributed by atoms with Gasteiger partial charge in [-0.25, -0.2) is 9.97 Å². The van der Waals surface area contributed by atoms with E-state index in [2.05, 4.69) is 26.3 Å². The lowest BCUT2D eigenvalue weighted by Gasteiger charge is -2.10. The lowest BCUT2D eigenvalue weighted by molar-refractivity contribution is -0.137. The summed E-state index contributed by atoms with van der Waals surface area (Å²) in [6.45, 7) is 1.42. The zero-order valence-electron chi connectivity index (χ0n) is 17.2. The molecule has 1 amide bonds. The molecule has 162 valence electrons. The molecule has 0 spiro atoms. The Bertz CT molecular complexity index is 1190. The van der Waals surface area contributed by atoms with Gasteiger partial charge >= 0.3 is 5.97 Å². The molecule has 10 heteroatoms. The van der Waals surface area contributed by atoms with E-state index in [0.717, 1.165) is 5.69 Å². The Morgan fingerprint density at radius 3 is 2.50 bits per heavy atom. The molecule has 3 aromatic rings. The van der Waals surface area contributed by atoms with Gasteiger partial charge in [-0.15, -0.1) is 0 Å². The zero-order valence-corrected chi connectivity index (χ0v) is 18.0. The number of carbonyl (C=O) groups excluding carboxylic acids is 1. The van der Waals surface area contributed by atoms with Gasteiger partial charge < -0.3 is 16.2 Å². The number of amides is 1. The lowest BCUT2D eigenvalue weighted by Crippen LogP contribution is -2.06. The smallest absolute Gasteiger partial charge is 0.303 e. The molecule has 0 radical (unpaired) electrons. The number of pyridine rings is 1. The van der Waals surface area contributed by atoms with Crippen LogP contribution in [-0.2, 0) is 21.8 Å². The van der Waals surface area contributed by atoms with Crippen molar-refractivity contribution in [2.24, 2.45) is 0 Å². The summed E-state index contributed by atoms with van der Waals surface area (Å²) >= 11 is 1.31. The topological polar surface area (TPSA) is 155 Å². The summed E-state index contributed by atoms with van der Waals surface area (Å²) in [6.07, 6.45) is 0.371. The number of rotatable bonds is 8. The van der Waals surface area contributed by atoms with E-state index in [-0.39, 0.29) is 23.7 Å². The maximum absolute atomic E-state index is 11.2. The van der Waals surface area contributed by atoms with Crippen LogP contribution in [0.15, 0.2) is 47.6 Å². The molecule has 0 unspecified atom stereocenters. The van der Waals surface area contributed by atoms with Crippen LogP contribution in [0.4, 0.5) is 11.5 Å². The van der Waals surface area contributed by atoms with Crippen molar-refractivity contribution in [2.75, 3.05) is 11.1 Å². The van der Waals surface area contributed by atoms with E-state index in [1.54, 1.807) is 30.3 Å². The van der Waals surface area contributed by atoms with E-state index in [9.17, 15) is 14.9 Å². The number of aliphatic carboxylic acids is 1. The Kier molecular flexibility index (Phi) is 7.36. The average Bonchev–Trinajstić information content (AvgIpc) is 2.76. The van der Waals surface area contributed by atoms with Crippen LogP contribution in [0.1, 0.15) is 30.3 Å². The molecular weight excluding hydrogens is 428 g/mol. The first-order chi connectivity index (χ1) is 15.4. The van der Waals surface area contributed by atoms with Gasteiger partial charge in [0, 0.05) is 36.0 Å². The van der Waals surface area contributed by atoms with Gasteiger partial charge in [0.2, 0.25) is 5.91 Å². The summed E-state index contributed by atoms with van der Waals surface area (Å²) in [5.74, 6) is -0.520. The van der Waals surface area contributed by atoms with Gasteiger partial charge in [-0.1, -0.05) is 30.0 Å². The van der Waals surface area contributed by atoms with Gasteiger partial charge in [-0.2, -0.15) is 5.26 Å². The second-order valence-corrected chi connectivity index (χ2v) is 7.73. The number of carboxylic acid groups (broad SMARTS) is 1. The molecular formula is C22H20N6O3S. The van der Waals surface area contributed by atoms with Crippen molar-refractivity contribution < 1.29 is 14.7 Å². The Morgan fingerprint density at radius 2 is 1.84 bits per heavy atom. The van der Waals surface area contributed by atoms with Crippen molar-refractivity contribution >= 4 is 35.1 Å². The third kappa shape index (κ3) is 6.02. The summed E-state index contributed by atoms with van der Waals surface area (Å²) in [5.41, 5.74) is 9.34. The molecule has 0 saturated carbocycles. The normalized spacial score (nSPS) is 10.4. The van der Waals surface area contributed by atoms with Gasteiger partial charge in [0.25, 0.3) is 0 Å². The molecule has 0 aliphatic heterocycles. The molecule has 32 heavy (non-hydrogen) atoms. The van der Waals surface area contributed by atoms with Crippen LogP contribution >= 0.6 is 11.8 Å². The predicted molar refractivity (Wildman–Crippen MR) is 121 cm³/mol. The Morgan fingerprint density at radius 1 is 1.12 bits per heavy atom. The van der Waals surface area contributed by atoms with E-state index in [0.29, 0.717) is 40.0 Å². The van der Waals surface area contributed by atoms with Crippen LogP contribution in [0.2, 0.25) is 0 Å². The average molecular weight is 449 g/mol. The lowest BCUT2D eigenvalue weighted by atomic mass is 10.1. The molecule has 1 aromatic carbocycles. The fourth-order valence-corrected chi connectivity index (χ4v) is 3.63. The minimum Gasteiger partial charge on any atom is -0.481 e. The number of hydrogen-bond acceptors (Lipinski definition) is 8. The maximum atomic E-state index is 11.2. The number of nitrogens with two attached hydrogens (primary N) is 1. The quantitative estimate of drug-likeness (QED) is 0.348. The standard InChI is InChI=1S/C22H20N6O3S/c1-13(29)25-16-7-5-14(6-8-16)20-18(11-23)21(24)28-22(27-20)32-12-17-4-2-3-15(26-17)9-10-19(30)31/h2-8H,9-10,12H2,1H3,(H,25,29)(H,30,31)(H2,24,27,28). The number of thioether (sulfide) groups is 1. The van der Waals surface area contributed by atoms with E-state index >= 15 is 0 Å². The first-order valence-electron chi connectivity index (χ1n) is 9.60. The van der Waals surface area contributed by atoms with Crippen LogP contribution in [0, 0.1) is 11.3 Å². The monoisotopic (exact) mass is 448 g/mol. The molecule has 2 heterocycles. The highest BCUT2D eigenvalue weighted by molar-refractivity contribution is 7.98. The van der Waals surface area contributed by atoms with E-state index in [4.69, 9.17) is 10.8 Å². The first-order valence-corrected chi connectivity index (χ1v) is 10.6. The number of aryl methyl sites for hydroxylation is 1. The highest BCUT2D eigenvalue weighted by atomic mass is 32.2. The van der Waals surface area contributed by atoms with E-state index in [1.807, 2.05) is 12.1 Å². The summed E-state index contributed by atoms with van der Waals surface area (Å²) < 4.78 is 0. The third-order valence-corrected chi connectivity index (χ3v) is 5.20. The maximum Gasteiger partial charge on any atom is 0.303 e. The molecule has 0 aliphatic rings. The SMILES string of the molecule is CC(=O)Nc1ccc(-c2nc(SCc3cccc(CCC(=O)O)n3)nc(N)c2C#N)cc1. The van der Waals surface area contributed by atoms with Gasteiger partial charge in [0.05, 0.1) is 17.8 Å². The molecule has 0 aliphatic carbocycles. The molecule has 3 rings (SSSR count). The Labute approximate surface area is 188 Å². The number of nitriles is 1. The number of nitrogen functional groups attached to an aromatic ring is 1. The highest BCUT2D eigenvalue weighted by Crippen LogP contribution is 2.29.